The summed E-state index contributed by atoms with van der Waals surface area (Å²) in [6.45, 7) is 3.60. The summed E-state index contributed by atoms with van der Waals surface area (Å²) in [4.78, 5) is 27.2. The quantitative estimate of drug-likeness (QED) is 0.608. The molecule has 8 nitrogen and oxygen atoms in total. The number of halogens is 1. The fraction of sp³-hybridized carbons (Fsp3) is 0.545. The lowest BCUT2D eigenvalue weighted by atomic mass is 9.96. The van der Waals surface area contributed by atoms with E-state index < -0.39 is 11.3 Å². The molecule has 1 saturated carbocycles. The SMILES string of the molecule is CC(Sc1nnc(N2CCCC2)n1-c1cccc(Cl)c1)C(=O)NC(=O)NC1CCCCC1. The fourth-order valence-corrected chi connectivity index (χ4v) is 5.24. The van der Waals surface area contributed by atoms with E-state index in [1.165, 1.54) is 18.2 Å². The van der Waals surface area contributed by atoms with Crippen molar-refractivity contribution in [2.24, 2.45) is 0 Å². The van der Waals surface area contributed by atoms with Crippen LogP contribution in [0.3, 0.4) is 0 Å². The van der Waals surface area contributed by atoms with Gasteiger partial charge >= 0.3 is 6.03 Å². The molecule has 1 aliphatic carbocycles. The molecular weight excluding hydrogens is 448 g/mol. The Morgan fingerprint density at radius 3 is 2.59 bits per heavy atom. The standard InChI is InChI=1S/C22H29ClN6O2S/c1-15(19(30)25-20(31)24-17-9-3-2-4-10-17)32-22-27-26-21(28-12-5-6-13-28)29(22)18-11-7-8-16(23)14-18/h7-8,11,14-15,17H,2-6,9-10,12-13H2,1H3,(H2,24,25,30,31). The number of hydrogen-bond acceptors (Lipinski definition) is 6. The number of imide groups is 1. The summed E-state index contributed by atoms with van der Waals surface area (Å²) in [7, 11) is 0. The number of carbonyl (C=O) groups excluding carboxylic acids is 2. The van der Waals surface area contributed by atoms with Crippen LogP contribution in [0, 0.1) is 0 Å². The van der Waals surface area contributed by atoms with Crippen LogP contribution in [-0.2, 0) is 4.79 Å². The van der Waals surface area contributed by atoms with Crippen molar-refractivity contribution in [2.75, 3.05) is 18.0 Å². The van der Waals surface area contributed by atoms with Crippen LogP contribution in [0.2, 0.25) is 5.02 Å². The van der Waals surface area contributed by atoms with E-state index in [1.54, 1.807) is 6.92 Å². The van der Waals surface area contributed by atoms with E-state index in [1.807, 2.05) is 28.8 Å². The first-order chi connectivity index (χ1) is 15.5. The summed E-state index contributed by atoms with van der Waals surface area (Å²) in [6, 6.07) is 7.22. The van der Waals surface area contributed by atoms with E-state index in [2.05, 4.69) is 25.7 Å². The molecule has 4 rings (SSSR count). The number of carbonyl (C=O) groups is 2. The number of rotatable bonds is 6. The van der Waals surface area contributed by atoms with Crippen molar-refractivity contribution in [3.05, 3.63) is 29.3 Å². The first-order valence-corrected chi connectivity index (χ1v) is 12.5. The average Bonchev–Trinajstić information content (AvgIpc) is 3.44. The maximum absolute atomic E-state index is 12.7. The third-order valence-electron chi connectivity index (χ3n) is 5.90. The van der Waals surface area contributed by atoms with E-state index in [9.17, 15) is 9.59 Å². The van der Waals surface area contributed by atoms with Gasteiger partial charge in [-0.2, -0.15) is 0 Å². The lowest BCUT2D eigenvalue weighted by Gasteiger charge is -2.23. The van der Waals surface area contributed by atoms with Gasteiger partial charge in [0, 0.05) is 24.2 Å². The normalized spacial score (nSPS) is 17.9. The minimum Gasteiger partial charge on any atom is -0.341 e. The van der Waals surface area contributed by atoms with Crippen molar-refractivity contribution in [1.82, 2.24) is 25.4 Å². The molecule has 2 fully saturated rings. The molecule has 2 N–H and O–H groups in total. The van der Waals surface area contributed by atoms with Gasteiger partial charge in [-0.05, 0) is 50.8 Å². The summed E-state index contributed by atoms with van der Waals surface area (Å²) in [5, 5.41) is 14.9. The molecule has 1 aliphatic heterocycles. The highest BCUT2D eigenvalue weighted by Crippen LogP contribution is 2.31. The van der Waals surface area contributed by atoms with Crippen molar-refractivity contribution < 1.29 is 9.59 Å². The summed E-state index contributed by atoms with van der Waals surface area (Å²) < 4.78 is 1.94. The fourth-order valence-electron chi connectivity index (χ4n) is 4.20. The molecule has 1 aromatic carbocycles. The van der Waals surface area contributed by atoms with Gasteiger partial charge in [-0.1, -0.05) is 48.7 Å². The van der Waals surface area contributed by atoms with E-state index in [0.29, 0.717) is 10.2 Å². The van der Waals surface area contributed by atoms with Crippen molar-refractivity contribution in [1.29, 1.82) is 0 Å². The number of aromatic nitrogens is 3. The Balaban J connectivity index is 1.46. The molecule has 1 saturated heterocycles. The smallest absolute Gasteiger partial charge is 0.321 e. The highest BCUT2D eigenvalue weighted by molar-refractivity contribution is 8.00. The van der Waals surface area contributed by atoms with Gasteiger partial charge in [-0.25, -0.2) is 4.79 Å². The highest BCUT2D eigenvalue weighted by atomic mass is 35.5. The molecule has 1 aromatic heterocycles. The average molecular weight is 477 g/mol. The zero-order valence-electron chi connectivity index (χ0n) is 18.2. The summed E-state index contributed by atoms with van der Waals surface area (Å²) >= 11 is 7.51. The van der Waals surface area contributed by atoms with Gasteiger partial charge in [-0.3, -0.25) is 14.7 Å². The largest absolute Gasteiger partial charge is 0.341 e. The Hall–Kier alpha value is -2.26. The summed E-state index contributed by atoms with van der Waals surface area (Å²) in [6.07, 6.45) is 7.59. The monoisotopic (exact) mass is 476 g/mol. The summed E-state index contributed by atoms with van der Waals surface area (Å²) in [5.74, 6) is 0.390. The summed E-state index contributed by atoms with van der Waals surface area (Å²) in [5.41, 5.74) is 0.842. The second-order valence-corrected chi connectivity index (χ2v) is 10.1. The number of amides is 3. The second kappa shape index (κ2) is 10.6. The first-order valence-electron chi connectivity index (χ1n) is 11.3. The van der Waals surface area contributed by atoms with E-state index >= 15 is 0 Å². The maximum atomic E-state index is 12.7. The molecule has 3 amide bonds. The molecule has 172 valence electrons. The Morgan fingerprint density at radius 1 is 1.12 bits per heavy atom. The van der Waals surface area contributed by atoms with Crippen molar-refractivity contribution in [3.63, 3.8) is 0 Å². The number of nitrogens with one attached hydrogen (secondary N) is 2. The van der Waals surface area contributed by atoms with Gasteiger partial charge < -0.3 is 10.2 Å². The van der Waals surface area contributed by atoms with Crippen LogP contribution in [0.25, 0.3) is 5.69 Å². The third-order valence-corrected chi connectivity index (χ3v) is 7.18. The van der Waals surface area contributed by atoms with Gasteiger partial charge in [0.15, 0.2) is 5.16 Å². The van der Waals surface area contributed by atoms with Gasteiger partial charge in [0.25, 0.3) is 0 Å². The topological polar surface area (TPSA) is 92.2 Å². The number of thioether (sulfide) groups is 1. The van der Waals surface area contributed by atoms with Crippen LogP contribution in [0.4, 0.5) is 10.7 Å². The molecule has 0 radical (unpaired) electrons. The number of benzene rings is 1. The number of nitrogens with zero attached hydrogens (tertiary/aromatic N) is 4. The Kier molecular flexibility index (Phi) is 7.57. The predicted octanol–water partition coefficient (Wildman–Crippen LogP) is 4.16. The van der Waals surface area contributed by atoms with Crippen LogP contribution in [0.15, 0.2) is 29.4 Å². The van der Waals surface area contributed by atoms with Crippen LogP contribution >= 0.6 is 23.4 Å². The lowest BCUT2D eigenvalue weighted by Crippen LogP contribution is -2.47. The lowest BCUT2D eigenvalue weighted by molar-refractivity contribution is -0.119. The number of hydrogen-bond donors (Lipinski definition) is 2. The number of anilines is 1. The maximum Gasteiger partial charge on any atom is 0.321 e. The van der Waals surface area contributed by atoms with Crippen LogP contribution in [-0.4, -0.2) is 51.1 Å². The molecule has 0 spiro atoms. The molecule has 10 heteroatoms. The zero-order valence-corrected chi connectivity index (χ0v) is 19.8. The zero-order chi connectivity index (χ0) is 22.5. The van der Waals surface area contributed by atoms with Gasteiger partial charge in [0.05, 0.1) is 10.9 Å². The number of urea groups is 1. The molecule has 1 unspecified atom stereocenters. The highest BCUT2D eigenvalue weighted by Gasteiger charge is 2.26. The Bertz CT molecular complexity index is 956. The van der Waals surface area contributed by atoms with Crippen LogP contribution < -0.4 is 15.5 Å². The third kappa shape index (κ3) is 5.56. The molecule has 32 heavy (non-hydrogen) atoms. The predicted molar refractivity (Wildman–Crippen MR) is 127 cm³/mol. The van der Waals surface area contributed by atoms with Crippen LogP contribution in [0.5, 0.6) is 0 Å². The van der Waals surface area contributed by atoms with E-state index in [-0.39, 0.29) is 11.9 Å². The van der Waals surface area contributed by atoms with Crippen molar-refractivity contribution in [2.45, 2.75) is 68.3 Å². The molecule has 0 bridgehead atoms. The minimum atomic E-state index is -0.527. The Morgan fingerprint density at radius 2 is 1.88 bits per heavy atom. The minimum absolute atomic E-state index is 0.147. The van der Waals surface area contributed by atoms with Crippen LogP contribution in [0.1, 0.15) is 51.9 Å². The van der Waals surface area contributed by atoms with Gasteiger partial charge in [-0.15, -0.1) is 10.2 Å². The van der Waals surface area contributed by atoms with Crippen molar-refractivity contribution >= 4 is 41.2 Å². The second-order valence-electron chi connectivity index (χ2n) is 8.35. The first kappa shape index (κ1) is 22.9. The molecule has 2 aliphatic rings. The van der Waals surface area contributed by atoms with Crippen molar-refractivity contribution in [3.8, 4) is 5.69 Å². The van der Waals surface area contributed by atoms with Gasteiger partial charge in [0.1, 0.15) is 0 Å². The van der Waals surface area contributed by atoms with Gasteiger partial charge in [0.2, 0.25) is 11.9 Å². The van der Waals surface area contributed by atoms with E-state index in [4.69, 9.17) is 11.6 Å². The molecule has 2 aromatic rings. The molecular formula is C22H29ClN6O2S. The Labute approximate surface area is 197 Å². The molecule has 1 atom stereocenters. The van der Waals surface area contributed by atoms with E-state index in [0.717, 1.165) is 63.3 Å². The molecule has 2 heterocycles.